The maximum Gasteiger partial charge on any atom is 0.422 e. The van der Waals surface area contributed by atoms with Crippen LogP contribution in [0.4, 0.5) is 13.2 Å². The van der Waals surface area contributed by atoms with Crippen molar-refractivity contribution in [1.29, 1.82) is 0 Å². The van der Waals surface area contributed by atoms with Gasteiger partial charge < -0.3 is 15.4 Å². The van der Waals surface area contributed by atoms with Gasteiger partial charge in [0.15, 0.2) is 12.6 Å². The van der Waals surface area contributed by atoms with Gasteiger partial charge in [-0.1, -0.05) is 13.8 Å². The smallest absolute Gasteiger partial charge is 0.422 e. The van der Waals surface area contributed by atoms with E-state index in [9.17, 15) is 13.2 Å². The molecule has 0 aromatic carbocycles. The van der Waals surface area contributed by atoms with E-state index in [-0.39, 0.29) is 5.88 Å². The van der Waals surface area contributed by atoms with Crippen molar-refractivity contribution >= 4 is 5.96 Å². The van der Waals surface area contributed by atoms with Crippen LogP contribution >= 0.6 is 0 Å². The minimum Gasteiger partial charge on any atom is -0.468 e. The summed E-state index contributed by atoms with van der Waals surface area (Å²) in [5, 5.41) is 6.30. The maximum atomic E-state index is 12.1. The molecule has 0 amide bonds. The van der Waals surface area contributed by atoms with Crippen molar-refractivity contribution in [2.24, 2.45) is 10.9 Å². The predicted octanol–water partition coefficient (Wildman–Crippen LogP) is 3.12. The molecule has 1 rings (SSSR count). The monoisotopic (exact) mass is 346 g/mol. The molecule has 0 bridgehead atoms. The third-order valence-corrected chi connectivity index (χ3v) is 3.12. The average Bonchev–Trinajstić information content (AvgIpc) is 2.52. The largest absolute Gasteiger partial charge is 0.468 e. The Labute approximate surface area is 140 Å². The first-order valence-electron chi connectivity index (χ1n) is 7.89. The van der Waals surface area contributed by atoms with E-state index in [1.54, 1.807) is 13.1 Å². The summed E-state index contributed by atoms with van der Waals surface area (Å²) in [4.78, 5) is 7.88. The summed E-state index contributed by atoms with van der Waals surface area (Å²) >= 11 is 0. The summed E-state index contributed by atoms with van der Waals surface area (Å²) in [6.45, 7) is 4.22. The van der Waals surface area contributed by atoms with E-state index < -0.39 is 12.8 Å². The number of hydrogen-bond acceptors (Lipinski definition) is 3. The number of nitrogens with zero attached hydrogens (tertiary/aromatic N) is 2. The molecular formula is C16H25F3N4O. The van der Waals surface area contributed by atoms with Crippen LogP contribution < -0.4 is 15.4 Å². The Hall–Kier alpha value is -1.99. The minimum atomic E-state index is -4.38. The van der Waals surface area contributed by atoms with Crippen LogP contribution in [-0.4, -0.2) is 37.3 Å². The normalized spacial score (nSPS) is 12.4. The number of nitrogens with one attached hydrogen (secondary N) is 2. The first kappa shape index (κ1) is 20.1. The maximum absolute atomic E-state index is 12.1. The average molecular weight is 346 g/mol. The van der Waals surface area contributed by atoms with Crippen LogP contribution in [0.25, 0.3) is 0 Å². The molecule has 136 valence electrons. The molecule has 0 saturated carbocycles. The number of halogens is 3. The lowest BCUT2D eigenvalue weighted by Gasteiger charge is -2.13. The third-order valence-electron chi connectivity index (χ3n) is 3.12. The summed E-state index contributed by atoms with van der Waals surface area (Å²) < 4.78 is 41.1. The number of aliphatic imine (C=N–C) groups is 1. The number of hydrogen-bond donors (Lipinski definition) is 2. The molecule has 0 aliphatic heterocycles. The second-order valence-electron chi connectivity index (χ2n) is 5.79. The molecule has 8 heteroatoms. The molecule has 0 aliphatic carbocycles. The van der Waals surface area contributed by atoms with Crippen LogP contribution in [0.3, 0.4) is 0 Å². The van der Waals surface area contributed by atoms with E-state index in [4.69, 9.17) is 0 Å². The van der Waals surface area contributed by atoms with Gasteiger partial charge in [0.1, 0.15) is 0 Å². The van der Waals surface area contributed by atoms with Crippen LogP contribution in [-0.2, 0) is 6.54 Å². The van der Waals surface area contributed by atoms with Gasteiger partial charge in [0.2, 0.25) is 5.88 Å². The van der Waals surface area contributed by atoms with Crippen LogP contribution in [0, 0.1) is 5.92 Å². The summed E-state index contributed by atoms with van der Waals surface area (Å²) in [5.74, 6) is 1.26. The van der Waals surface area contributed by atoms with Gasteiger partial charge in [-0.3, -0.25) is 4.99 Å². The molecule has 1 heterocycles. The van der Waals surface area contributed by atoms with Gasteiger partial charge in [0, 0.05) is 32.4 Å². The van der Waals surface area contributed by atoms with E-state index in [2.05, 4.69) is 39.2 Å². The number of guanidine groups is 1. The van der Waals surface area contributed by atoms with Gasteiger partial charge in [0.25, 0.3) is 0 Å². The Morgan fingerprint density at radius 3 is 2.71 bits per heavy atom. The summed E-state index contributed by atoms with van der Waals surface area (Å²) in [5.41, 5.74) is 0.757. The summed E-state index contributed by atoms with van der Waals surface area (Å²) in [6.07, 6.45) is -0.781. The Kier molecular flexibility index (Phi) is 8.35. The van der Waals surface area contributed by atoms with Gasteiger partial charge in [-0.15, -0.1) is 0 Å². The van der Waals surface area contributed by atoms with E-state index >= 15 is 0 Å². The van der Waals surface area contributed by atoms with Crippen LogP contribution in [0.5, 0.6) is 5.88 Å². The van der Waals surface area contributed by atoms with Crippen LogP contribution in [0.15, 0.2) is 23.3 Å². The molecule has 24 heavy (non-hydrogen) atoms. The molecular weight excluding hydrogens is 321 g/mol. The second kappa shape index (κ2) is 10.00. The van der Waals surface area contributed by atoms with Crippen LogP contribution in [0.2, 0.25) is 0 Å². The zero-order chi connectivity index (χ0) is 18.0. The molecule has 0 atom stereocenters. The Balaban J connectivity index is 2.42. The van der Waals surface area contributed by atoms with E-state index in [0.29, 0.717) is 18.4 Å². The summed E-state index contributed by atoms with van der Waals surface area (Å²) in [6, 6.07) is 3.18. The van der Waals surface area contributed by atoms with Gasteiger partial charge in [-0.05, 0) is 30.4 Å². The molecule has 1 aromatic heterocycles. The van der Waals surface area contributed by atoms with Crippen molar-refractivity contribution in [3.05, 3.63) is 23.9 Å². The van der Waals surface area contributed by atoms with Crippen molar-refractivity contribution in [2.45, 2.75) is 39.4 Å². The topological polar surface area (TPSA) is 58.5 Å². The van der Waals surface area contributed by atoms with Crippen molar-refractivity contribution in [3.63, 3.8) is 0 Å². The number of alkyl halides is 3. The SMILES string of the molecule is CN=C(NCCCC(C)C)NCc1ccnc(OCC(F)(F)F)c1. The fraction of sp³-hybridized carbons (Fsp3) is 0.625. The predicted molar refractivity (Wildman–Crippen MR) is 88.1 cm³/mol. The van der Waals surface area contributed by atoms with Crippen LogP contribution in [0.1, 0.15) is 32.3 Å². The molecule has 5 nitrogen and oxygen atoms in total. The number of pyridine rings is 1. The first-order chi connectivity index (χ1) is 11.3. The molecule has 2 N–H and O–H groups in total. The molecule has 0 saturated heterocycles. The second-order valence-corrected chi connectivity index (χ2v) is 5.79. The summed E-state index contributed by atoms with van der Waals surface area (Å²) in [7, 11) is 1.67. The fourth-order valence-electron chi connectivity index (χ4n) is 1.92. The number of rotatable bonds is 8. The highest BCUT2D eigenvalue weighted by atomic mass is 19.4. The number of ether oxygens (including phenoxy) is 1. The highest BCUT2D eigenvalue weighted by Crippen LogP contribution is 2.17. The van der Waals surface area contributed by atoms with Crippen molar-refractivity contribution < 1.29 is 17.9 Å². The molecule has 0 unspecified atom stereocenters. The molecule has 0 radical (unpaired) electrons. The molecule has 1 aromatic rings. The lowest BCUT2D eigenvalue weighted by atomic mass is 10.1. The van der Waals surface area contributed by atoms with E-state index in [1.807, 2.05) is 0 Å². The zero-order valence-corrected chi connectivity index (χ0v) is 14.3. The van der Waals surface area contributed by atoms with E-state index in [1.165, 1.54) is 12.3 Å². The molecule has 0 fully saturated rings. The Bertz CT molecular complexity index is 518. The zero-order valence-electron chi connectivity index (χ0n) is 14.3. The lowest BCUT2D eigenvalue weighted by molar-refractivity contribution is -0.154. The Morgan fingerprint density at radius 1 is 1.33 bits per heavy atom. The highest BCUT2D eigenvalue weighted by Gasteiger charge is 2.28. The van der Waals surface area contributed by atoms with Crippen molar-refractivity contribution in [1.82, 2.24) is 15.6 Å². The molecule has 0 aliphatic rings. The van der Waals surface area contributed by atoms with Gasteiger partial charge >= 0.3 is 6.18 Å². The van der Waals surface area contributed by atoms with Crippen molar-refractivity contribution in [2.75, 3.05) is 20.2 Å². The lowest BCUT2D eigenvalue weighted by Crippen LogP contribution is -2.37. The quantitative estimate of drug-likeness (QED) is 0.431. The van der Waals surface area contributed by atoms with Gasteiger partial charge in [0.05, 0.1) is 0 Å². The Morgan fingerprint density at radius 2 is 2.08 bits per heavy atom. The fourth-order valence-corrected chi connectivity index (χ4v) is 1.92. The highest BCUT2D eigenvalue weighted by molar-refractivity contribution is 5.79. The third kappa shape index (κ3) is 9.22. The molecule has 0 spiro atoms. The number of aromatic nitrogens is 1. The van der Waals surface area contributed by atoms with E-state index in [0.717, 1.165) is 24.9 Å². The van der Waals surface area contributed by atoms with Gasteiger partial charge in [-0.2, -0.15) is 13.2 Å². The minimum absolute atomic E-state index is 0.0495. The van der Waals surface area contributed by atoms with Crippen molar-refractivity contribution in [3.8, 4) is 5.88 Å². The first-order valence-corrected chi connectivity index (χ1v) is 7.89. The standard InChI is InChI=1S/C16H25F3N4O/c1-12(2)5-4-7-22-15(20-3)23-10-13-6-8-21-14(9-13)24-11-16(17,18)19/h6,8-9,12H,4-5,7,10-11H2,1-3H3,(H2,20,22,23). The van der Waals surface area contributed by atoms with Gasteiger partial charge in [-0.25, -0.2) is 4.98 Å².